The zero-order chi connectivity index (χ0) is 17.6. The highest BCUT2D eigenvalue weighted by Gasteiger charge is 2.38. The van der Waals surface area contributed by atoms with Crippen LogP contribution in [0.15, 0.2) is 0 Å². The van der Waals surface area contributed by atoms with E-state index in [0.29, 0.717) is 25.8 Å². The maximum Gasteiger partial charge on any atom is 0.326 e. The van der Waals surface area contributed by atoms with Crippen LogP contribution in [0.5, 0.6) is 0 Å². The normalized spacial score (nSPS) is 20.4. The van der Waals surface area contributed by atoms with Gasteiger partial charge in [0.15, 0.2) is 0 Å². The highest BCUT2D eigenvalue weighted by Crippen LogP contribution is 2.20. The minimum absolute atomic E-state index is 0.144. The van der Waals surface area contributed by atoms with E-state index >= 15 is 0 Å². The molecular formula is C15H27N3O4S. The molecule has 23 heavy (non-hydrogen) atoms. The summed E-state index contributed by atoms with van der Waals surface area (Å²) in [6.45, 7) is 4.05. The predicted molar refractivity (Wildman–Crippen MR) is 90.1 cm³/mol. The van der Waals surface area contributed by atoms with Crippen LogP contribution >= 0.6 is 11.8 Å². The first-order chi connectivity index (χ1) is 10.8. The minimum atomic E-state index is -0.999. The van der Waals surface area contributed by atoms with Crippen molar-refractivity contribution in [2.24, 2.45) is 11.7 Å². The molecule has 0 aliphatic carbocycles. The number of hydrogen-bond donors (Lipinski definition) is 3. The molecule has 1 aliphatic rings. The number of carbonyl (C=O) groups is 3. The fourth-order valence-corrected chi connectivity index (χ4v) is 3.11. The first kappa shape index (κ1) is 19.8. The number of nitrogens with zero attached hydrogens (tertiary/aromatic N) is 1. The van der Waals surface area contributed by atoms with Crippen LogP contribution in [0.25, 0.3) is 0 Å². The molecule has 0 bridgehead atoms. The van der Waals surface area contributed by atoms with Crippen molar-refractivity contribution in [1.29, 1.82) is 0 Å². The average molecular weight is 345 g/mol. The molecule has 3 unspecified atom stereocenters. The first-order valence-corrected chi connectivity index (χ1v) is 9.27. The highest BCUT2D eigenvalue weighted by molar-refractivity contribution is 7.98. The molecule has 7 nitrogen and oxygen atoms in total. The summed E-state index contributed by atoms with van der Waals surface area (Å²) in [4.78, 5) is 37.5. The molecule has 1 aliphatic heterocycles. The minimum Gasteiger partial charge on any atom is -0.480 e. The third kappa shape index (κ3) is 5.39. The number of carboxylic acid groups (broad SMARTS) is 1. The quantitative estimate of drug-likeness (QED) is 0.582. The summed E-state index contributed by atoms with van der Waals surface area (Å²) in [6, 6.07) is -2.21. The number of carbonyl (C=O) groups excluding carboxylic acids is 2. The van der Waals surface area contributed by atoms with Gasteiger partial charge in [-0.1, -0.05) is 13.8 Å². The molecule has 132 valence electrons. The molecule has 3 atom stereocenters. The van der Waals surface area contributed by atoms with Crippen molar-refractivity contribution in [1.82, 2.24) is 10.2 Å². The van der Waals surface area contributed by atoms with Crippen molar-refractivity contribution >= 4 is 29.5 Å². The number of thioether (sulfide) groups is 1. The van der Waals surface area contributed by atoms with Crippen LogP contribution in [0, 0.1) is 5.92 Å². The third-order valence-corrected chi connectivity index (χ3v) is 4.67. The molecule has 1 saturated heterocycles. The van der Waals surface area contributed by atoms with Crippen LogP contribution in [-0.4, -0.2) is 64.5 Å². The number of nitrogens with two attached hydrogens (primary N) is 1. The van der Waals surface area contributed by atoms with Gasteiger partial charge in [0, 0.05) is 6.54 Å². The van der Waals surface area contributed by atoms with E-state index in [9.17, 15) is 19.5 Å². The van der Waals surface area contributed by atoms with Crippen molar-refractivity contribution in [3.8, 4) is 0 Å². The number of aliphatic carboxylic acids is 1. The summed E-state index contributed by atoms with van der Waals surface area (Å²) < 4.78 is 0. The van der Waals surface area contributed by atoms with Crippen LogP contribution in [0.1, 0.15) is 33.1 Å². The summed E-state index contributed by atoms with van der Waals surface area (Å²) >= 11 is 1.60. The number of amides is 2. The molecule has 0 aromatic rings. The van der Waals surface area contributed by atoms with Gasteiger partial charge in [-0.3, -0.25) is 9.59 Å². The van der Waals surface area contributed by atoms with Crippen LogP contribution in [0.3, 0.4) is 0 Å². The Bertz CT molecular complexity index is 444. The molecular weight excluding hydrogens is 318 g/mol. The van der Waals surface area contributed by atoms with E-state index in [1.807, 2.05) is 20.1 Å². The maximum absolute atomic E-state index is 12.7. The standard InChI is InChI=1S/C15H27N3O4S/c1-9(2)12(17-13(19)10(16)6-8-23-3)14(20)18-7-4-5-11(18)15(21)22/h9-12H,4-8,16H2,1-3H3,(H,17,19)(H,21,22). The van der Waals surface area contributed by atoms with Gasteiger partial charge in [-0.2, -0.15) is 11.8 Å². The predicted octanol–water partition coefficient (Wildman–Crippen LogP) is 0.283. The highest BCUT2D eigenvalue weighted by atomic mass is 32.2. The number of carboxylic acids is 1. The molecule has 1 heterocycles. The summed E-state index contributed by atoms with van der Waals surface area (Å²) in [6.07, 6.45) is 3.58. The van der Waals surface area contributed by atoms with E-state index < -0.39 is 24.1 Å². The Morgan fingerprint density at radius 3 is 2.57 bits per heavy atom. The summed E-state index contributed by atoms with van der Waals surface area (Å²) in [5.74, 6) is -1.08. The lowest BCUT2D eigenvalue weighted by Crippen LogP contribution is -2.56. The van der Waals surface area contributed by atoms with E-state index in [-0.39, 0.29) is 17.7 Å². The molecule has 1 rings (SSSR count). The second kappa shape index (κ2) is 9.12. The summed E-state index contributed by atoms with van der Waals surface area (Å²) in [7, 11) is 0. The van der Waals surface area contributed by atoms with Crippen molar-refractivity contribution < 1.29 is 19.5 Å². The molecule has 0 aromatic heterocycles. The number of rotatable bonds is 8. The molecule has 1 fully saturated rings. The molecule has 4 N–H and O–H groups in total. The van der Waals surface area contributed by atoms with Gasteiger partial charge in [0.25, 0.3) is 0 Å². The van der Waals surface area contributed by atoms with E-state index in [2.05, 4.69) is 5.32 Å². The zero-order valence-corrected chi connectivity index (χ0v) is 14.8. The lowest BCUT2D eigenvalue weighted by Gasteiger charge is -2.30. The van der Waals surface area contributed by atoms with Gasteiger partial charge >= 0.3 is 5.97 Å². The lowest BCUT2D eigenvalue weighted by molar-refractivity contribution is -0.150. The number of nitrogens with one attached hydrogen (secondary N) is 1. The van der Waals surface area contributed by atoms with E-state index in [1.54, 1.807) is 11.8 Å². The van der Waals surface area contributed by atoms with Gasteiger partial charge in [-0.25, -0.2) is 4.79 Å². The van der Waals surface area contributed by atoms with Gasteiger partial charge in [0.05, 0.1) is 6.04 Å². The lowest BCUT2D eigenvalue weighted by atomic mass is 10.0. The van der Waals surface area contributed by atoms with Crippen molar-refractivity contribution in [2.45, 2.75) is 51.2 Å². The summed E-state index contributed by atoms with van der Waals surface area (Å²) in [5, 5.41) is 11.9. The maximum atomic E-state index is 12.7. The molecule has 0 radical (unpaired) electrons. The van der Waals surface area contributed by atoms with E-state index in [1.165, 1.54) is 4.90 Å². The summed E-state index contributed by atoms with van der Waals surface area (Å²) in [5.41, 5.74) is 5.84. The molecule has 0 aromatic carbocycles. The average Bonchev–Trinajstić information content (AvgIpc) is 2.98. The molecule has 8 heteroatoms. The fraction of sp³-hybridized carbons (Fsp3) is 0.800. The van der Waals surface area contributed by atoms with Gasteiger partial charge < -0.3 is 21.1 Å². The second-order valence-electron chi connectivity index (χ2n) is 6.15. The Hall–Kier alpha value is -1.28. The van der Waals surface area contributed by atoms with Crippen LogP contribution < -0.4 is 11.1 Å². The third-order valence-electron chi connectivity index (χ3n) is 4.02. The van der Waals surface area contributed by atoms with Crippen molar-refractivity contribution in [3.63, 3.8) is 0 Å². The topological polar surface area (TPSA) is 113 Å². The monoisotopic (exact) mass is 345 g/mol. The fourth-order valence-electron chi connectivity index (χ4n) is 2.62. The van der Waals surface area contributed by atoms with Crippen LogP contribution in [-0.2, 0) is 14.4 Å². The SMILES string of the molecule is CSCCC(N)C(=O)NC(C(=O)N1CCCC1C(=O)O)C(C)C. The zero-order valence-electron chi connectivity index (χ0n) is 13.9. The number of likely N-dealkylation sites (tertiary alicyclic amines) is 1. The van der Waals surface area contributed by atoms with Gasteiger partial charge in [0.1, 0.15) is 12.1 Å². The van der Waals surface area contributed by atoms with Crippen LogP contribution in [0.4, 0.5) is 0 Å². The van der Waals surface area contributed by atoms with Crippen molar-refractivity contribution in [2.75, 3.05) is 18.6 Å². The molecule has 0 spiro atoms. The van der Waals surface area contributed by atoms with Gasteiger partial charge in [-0.05, 0) is 37.2 Å². The Labute approximate surface area is 141 Å². The van der Waals surface area contributed by atoms with Gasteiger partial charge in [0.2, 0.25) is 11.8 Å². The smallest absolute Gasteiger partial charge is 0.326 e. The Balaban J connectivity index is 2.76. The number of hydrogen-bond acceptors (Lipinski definition) is 5. The van der Waals surface area contributed by atoms with Crippen molar-refractivity contribution in [3.05, 3.63) is 0 Å². The Morgan fingerprint density at radius 1 is 1.39 bits per heavy atom. The first-order valence-electron chi connectivity index (χ1n) is 7.87. The largest absolute Gasteiger partial charge is 0.480 e. The van der Waals surface area contributed by atoms with Crippen LogP contribution in [0.2, 0.25) is 0 Å². The molecule has 2 amide bonds. The van der Waals surface area contributed by atoms with E-state index in [0.717, 1.165) is 5.75 Å². The van der Waals surface area contributed by atoms with Gasteiger partial charge in [-0.15, -0.1) is 0 Å². The van der Waals surface area contributed by atoms with E-state index in [4.69, 9.17) is 5.73 Å². The molecule has 0 saturated carbocycles. The Morgan fingerprint density at radius 2 is 2.04 bits per heavy atom. The Kier molecular flexibility index (Phi) is 7.84. The second-order valence-corrected chi connectivity index (χ2v) is 7.13.